The first-order valence-corrected chi connectivity index (χ1v) is 9.94. The summed E-state index contributed by atoms with van der Waals surface area (Å²) in [7, 11) is 1.60. The van der Waals surface area contributed by atoms with E-state index in [9.17, 15) is 4.79 Å². The van der Waals surface area contributed by atoms with Crippen molar-refractivity contribution in [3.05, 3.63) is 71.8 Å². The van der Waals surface area contributed by atoms with Gasteiger partial charge in [0.25, 0.3) is 0 Å². The summed E-state index contributed by atoms with van der Waals surface area (Å²) in [6.07, 6.45) is 1.78. The number of hydrogen-bond donors (Lipinski definition) is 0. The van der Waals surface area contributed by atoms with Gasteiger partial charge >= 0.3 is 0 Å². The lowest BCUT2D eigenvalue weighted by molar-refractivity contribution is 0.0994. The number of thioether (sulfide) groups is 1. The van der Waals surface area contributed by atoms with Gasteiger partial charge in [0.15, 0.2) is 16.8 Å². The highest BCUT2D eigenvalue weighted by atomic mass is 35.5. The van der Waals surface area contributed by atoms with Crippen molar-refractivity contribution in [1.82, 2.24) is 14.8 Å². The van der Waals surface area contributed by atoms with Crippen LogP contribution in [0.3, 0.4) is 0 Å². The molecule has 0 saturated carbocycles. The highest BCUT2D eigenvalue weighted by Gasteiger charge is 2.21. The third-order valence-electron chi connectivity index (χ3n) is 4.16. The predicted molar refractivity (Wildman–Crippen MR) is 113 cm³/mol. The van der Waals surface area contributed by atoms with Crippen molar-refractivity contribution < 1.29 is 9.53 Å². The molecule has 0 aliphatic carbocycles. The maximum atomic E-state index is 12.8. The summed E-state index contributed by atoms with van der Waals surface area (Å²) < 4.78 is 7.09. The first-order valence-electron chi connectivity index (χ1n) is 8.68. The van der Waals surface area contributed by atoms with E-state index in [0.29, 0.717) is 28.1 Å². The largest absolute Gasteiger partial charge is 0.497 e. The van der Waals surface area contributed by atoms with Gasteiger partial charge in [0.05, 0.1) is 12.4 Å². The molecule has 1 atom stereocenters. The minimum atomic E-state index is -0.320. The van der Waals surface area contributed by atoms with Gasteiger partial charge in [-0.2, -0.15) is 0 Å². The van der Waals surface area contributed by atoms with Crippen LogP contribution in [-0.2, 0) is 6.54 Å². The molecular formula is C21H20ClN3O2S. The lowest BCUT2D eigenvalue weighted by Crippen LogP contribution is -2.14. The number of Topliss-reactive ketones (excluding diaryl/α,β-unsaturated/α-hetero) is 1. The number of aromatic nitrogens is 3. The molecule has 0 aliphatic heterocycles. The number of hydrogen-bond acceptors (Lipinski definition) is 5. The predicted octanol–water partition coefficient (Wildman–Crippen LogP) is 5.16. The lowest BCUT2D eigenvalue weighted by atomic mass is 10.1. The maximum Gasteiger partial charge on any atom is 0.192 e. The van der Waals surface area contributed by atoms with Crippen molar-refractivity contribution in [3.8, 4) is 17.1 Å². The van der Waals surface area contributed by atoms with Crippen LogP contribution in [0.5, 0.6) is 5.75 Å². The summed E-state index contributed by atoms with van der Waals surface area (Å²) in [5.74, 6) is 1.45. The Morgan fingerprint density at radius 2 is 1.89 bits per heavy atom. The summed E-state index contributed by atoms with van der Waals surface area (Å²) in [6.45, 7) is 6.22. The normalized spacial score (nSPS) is 11.8. The van der Waals surface area contributed by atoms with Crippen LogP contribution in [-0.4, -0.2) is 32.9 Å². The van der Waals surface area contributed by atoms with Gasteiger partial charge in [-0.3, -0.25) is 9.36 Å². The fourth-order valence-electron chi connectivity index (χ4n) is 2.68. The zero-order valence-corrected chi connectivity index (χ0v) is 17.2. The molecule has 0 spiro atoms. The van der Waals surface area contributed by atoms with E-state index in [1.165, 1.54) is 11.8 Å². The average Bonchev–Trinajstić information content (AvgIpc) is 3.10. The van der Waals surface area contributed by atoms with E-state index in [1.54, 1.807) is 37.5 Å². The molecule has 0 fully saturated rings. The number of nitrogens with zero attached hydrogens (tertiary/aromatic N) is 3. The molecule has 144 valence electrons. The van der Waals surface area contributed by atoms with Gasteiger partial charge in [-0.1, -0.05) is 29.4 Å². The Bertz CT molecular complexity index is 968. The van der Waals surface area contributed by atoms with E-state index in [1.807, 2.05) is 35.8 Å². The number of allylic oxidation sites excluding steroid dienone is 1. The van der Waals surface area contributed by atoms with Gasteiger partial charge in [0, 0.05) is 22.7 Å². The molecule has 5 nitrogen and oxygen atoms in total. The third kappa shape index (κ3) is 4.46. The minimum Gasteiger partial charge on any atom is -0.497 e. The Labute approximate surface area is 173 Å². The molecule has 3 rings (SSSR count). The molecule has 1 aromatic heterocycles. The Kier molecular flexibility index (Phi) is 6.54. The highest BCUT2D eigenvalue weighted by molar-refractivity contribution is 8.00. The number of ether oxygens (including phenoxy) is 1. The van der Waals surface area contributed by atoms with Crippen molar-refractivity contribution in [2.45, 2.75) is 23.9 Å². The SMILES string of the molecule is C=CCn1c(SC(C)C(=O)c2ccc(OC)cc2)nnc1-c1ccc(Cl)cc1. The van der Waals surface area contributed by atoms with Gasteiger partial charge in [0.1, 0.15) is 5.75 Å². The van der Waals surface area contributed by atoms with Crippen LogP contribution in [0, 0.1) is 0 Å². The number of halogens is 1. The van der Waals surface area contributed by atoms with Gasteiger partial charge in [0.2, 0.25) is 0 Å². The van der Waals surface area contributed by atoms with E-state index < -0.39 is 0 Å². The number of carbonyl (C=O) groups excluding carboxylic acids is 1. The van der Waals surface area contributed by atoms with Crippen molar-refractivity contribution in [2.75, 3.05) is 7.11 Å². The van der Waals surface area contributed by atoms with E-state index in [-0.39, 0.29) is 11.0 Å². The standard InChI is InChI=1S/C21H20ClN3O2S/c1-4-13-25-20(16-5-9-17(22)10-6-16)23-24-21(25)28-14(2)19(26)15-7-11-18(27-3)12-8-15/h4-12,14H,1,13H2,2-3H3. The molecule has 3 aromatic rings. The lowest BCUT2D eigenvalue weighted by Gasteiger charge is -2.12. The molecule has 28 heavy (non-hydrogen) atoms. The summed E-state index contributed by atoms with van der Waals surface area (Å²) in [5, 5.41) is 9.62. The molecule has 0 N–H and O–H groups in total. The maximum absolute atomic E-state index is 12.8. The van der Waals surface area contributed by atoms with Crippen LogP contribution in [0.4, 0.5) is 0 Å². The van der Waals surface area contributed by atoms with Crippen molar-refractivity contribution in [3.63, 3.8) is 0 Å². The van der Waals surface area contributed by atoms with E-state index in [4.69, 9.17) is 16.3 Å². The summed E-state index contributed by atoms with van der Waals surface area (Å²) in [4.78, 5) is 12.8. The monoisotopic (exact) mass is 413 g/mol. The Hall–Kier alpha value is -2.57. The Balaban J connectivity index is 1.83. The second-order valence-corrected chi connectivity index (χ2v) is 7.81. The first-order chi connectivity index (χ1) is 13.5. The van der Waals surface area contributed by atoms with Gasteiger partial charge in [-0.15, -0.1) is 16.8 Å². The number of benzene rings is 2. The van der Waals surface area contributed by atoms with E-state index >= 15 is 0 Å². The van der Waals surface area contributed by atoms with E-state index in [0.717, 1.165) is 11.3 Å². The fourth-order valence-corrected chi connectivity index (χ4v) is 3.75. The highest BCUT2D eigenvalue weighted by Crippen LogP contribution is 2.29. The number of rotatable bonds is 8. The third-order valence-corrected chi connectivity index (χ3v) is 5.49. The smallest absolute Gasteiger partial charge is 0.192 e. The first kappa shape index (κ1) is 20.2. The van der Waals surface area contributed by atoms with Crippen molar-refractivity contribution >= 4 is 29.1 Å². The molecule has 0 amide bonds. The van der Waals surface area contributed by atoms with Gasteiger partial charge in [-0.05, 0) is 55.5 Å². The zero-order valence-electron chi connectivity index (χ0n) is 15.6. The summed E-state index contributed by atoms with van der Waals surface area (Å²) in [6, 6.07) is 14.5. The Morgan fingerprint density at radius 3 is 2.50 bits per heavy atom. The molecule has 1 heterocycles. The Morgan fingerprint density at radius 1 is 1.21 bits per heavy atom. The molecule has 1 unspecified atom stereocenters. The second-order valence-electron chi connectivity index (χ2n) is 6.07. The quantitative estimate of drug-likeness (QED) is 0.290. The van der Waals surface area contributed by atoms with Gasteiger partial charge < -0.3 is 4.74 Å². The number of methoxy groups -OCH3 is 1. The molecular weight excluding hydrogens is 394 g/mol. The second kappa shape index (κ2) is 9.08. The van der Waals surface area contributed by atoms with Crippen LogP contribution >= 0.6 is 23.4 Å². The molecule has 0 bridgehead atoms. The van der Waals surface area contributed by atoms with Crippen LogP contribution in [0.25, 0.3) is 11.4 Å². The minimum absolute atomic E-state index is 0.0221. The number of carbonyl (C=O) groups is 1. The molecule has 2 aromatic carbocycles. The molecule has 0 radical (unpaired) electrons. The van der Waals surface area contributed by atoms with Crippen LogP contribution in [0.1, 0.15) is 17.3 Å². The molecule has 0 aliphatic rings. The van der Waals surface area contributed by atoms with E-state index in [2.05, 4.69) is 16.8 Å². The van der Waals surface area contributed by atoms with Crippen molar-refractivity contribution in [2.24, 2.45) is 0 Å². The average molecular weight is 414 g/mol. The van der Waals surface area contributed by atoms with Crippen molar-refractivity contribution in [1.29, 1.82) is 0 Å². The topological polar surface area (TPSA) is 57.0 Å². The number of ketones is 1. The molecule has 7 heteroatoms. The molecule has 0 saturated heterocycles. The van der Waals surface area contributed by atoms with Crippen LogP contribution < -0.4 is 4.74 Å². The summed E-state index contributed by atoms with van der Waals surface area (Å²) >= 11 is 7.35. The summed E-state index contributed by atoms with van der Waals surface area (Å²) in [5.41, 5.74) is 1.54. The van der Waals surface area contributed by atoms with Crippen LogP contribution in [0.15, 0.2) is 66.3 Å². The zero-order chi connectivity index (χ0) is 20.1. The van der Waals surface area contributed by atoms with Gasteiger partial charge in [-0.25, -0.2) is 0 Å². The van der Waals surface area contributed by atoms with Crippen LogP contribution in [0.2, 0.25) is 5.02 Å². The fraction of sp³-hybridized carbons (Fsp3) is 0.190.